The van der Waals surface area contributed by atoms with Gasteiger partial charge in [0.15, 0.2) is 5.96 Å². The first-order chi connectivity index (χ1) is 22.1. The van der Waals surface area contributed by atoms with Crippen LogP contribution in [-0.4, -0.2) is 63.5 Å². The van der Waals surface area contributed by atoms with Gasteiger partial charge in [-0.25, -0.2) is 19.9 Å². The van der Waals surface area contributed by atoms with Crippen molar-refractivity contribution in [3.63, 3.8) is 0 Å². The Balaban J connectivity index is 1.32. The van der Waals surface area contributed by atoms with Crippen molar-refractivity contribution < 1.29 is 4.39 Å². The van der Waals surface area contributed by atoms with Crippen LogP contribution in [0.25, 0.3) is 10.9 Å². The predicted molar refractivity (Wildman–Crippen MR) is 182 cm³/mol. The number of rotatable bonds is 7. The van der Waals surface area contributed by atoms with Crippen LogP contribution in [0, 0.1) is 23.1 Å². The van der Waals surface area contributed by atoms with Gasteiger partial charge in [0.2, 0.25) is 0 Å². The number of nitrogens with zero attached hydrogens (tertiary/aromatic N) is 6. The van der Waals surface area contributed by atoms with E-state index in [0.29, 0.717) is 59.5 Å². The molecule has 6 rings (SSSR count). The lowest BCUT2D eigenvalue weighted by Crippen LogP contribution is -2.53. The Morgan fingerprint density at radius 1 is 1.15 bits per heavy atom. The topological polar surface area (TPSA) is 114 Å². The van der Waals surface area contributed by atoms with Gasteiger partial charge < -0.3 is 15.5 Å². The molecule has 246 valence electrons. The van der Waals surface area contributed by atoms with Gasteiger partial charge in [0.1, 0.15) is 18.0 Å². The Kier molecular flexibility index (Phi) is 9.28. The molecule has 3 heterocycles. The van der Waals surface area contributed by atoms with E-state index in [4.69, 9.17) is 9.98 Å². The van der Waals surface area contributed by atoms with Crippen molar-refractivity contribution in [1.82, 2.24) is 35.8 Å². The number of halogens is 1. The van der Waals surface area contributed by atoms with E-state index in [1.54, 1.807) is 28.0 Å². The zero-order valence-corrected chi connectivity index (χ0v) is 27.6. The molecule has 4 N–H and O–H groups in total. The number of aromatic nitrogens is 2. The molecule has 1 saturated carbocycles. The minimum atomic E-state index is -0.281. The van der Waals surface area contributed by atoms with Crippen molar-refractivity contribution in [3.8, 4) is 0 Å². The molecule has 0 spiro atoms. The van der Waals surface area contributed by atoms with Crippen LogP contribution in [0.1, 0.15) is 58.8 Å². The summed E-state index contributed by atoms with van der Waals surface area (Å²) in [5, 5.41) is 13.5. The molecule has 12 heteroatoms. The minimum absolute atomic E-state index is 0.116. The number of hydrazine groups is 2. The van der Waals surface area contributed by atoms with Crippen LogP contribution in [-0.2, 0) is 19.5 Å². The highest BCUT2D eigenvalue weighted by molar-refractivity contribution is 5.96. The molecular formula is C34H47FN10O. The first-order valence-corrected chi connectivity index (χ1v) is 16.5. The summed E-state index contributed by atoms with van der Waals surface area (Å²) in [5.74, 6) is 2.23. The van der Waals surface area contributed by atoms with Gasteiger partial charge in [-0.05, 0) is 79.3 Å². The van der Waals surface area contributed by atoms with E-state index in [9.17, 15) is 9.18 Å². The third-order valence-electron chi connectivity index (χ3n) is 10.3. The van der Waals surface area contributed by atoms with Crippen LogP contribution in [0.5, 0.6) is 0 Å². The number of hydrazone groups is 1. The monoisotopic (exact) mass is 630 g/mol. The summed E-state index contributed by atoms with van der Waals surface area (Å²) in [6.07, 6.45) is 4.40. The molecular weight excluding hydrogens is 583 g/mol. The SMILES string of the molecule is CC1CN(C(=NC2CCC(C)(C)[C@@H](C)C2C)Nc2ccc3c(=O)n(CCc4ccc(F)cc4)c(CN4C=NNN4)nc3c2)CCN1. The molecule has 4 atom stereocenters. The van der Waals surface area contributed by atoms with Gasteiger partial charge in [-0.3, -0.25) is 14.4 Å². The first kappa shape index (κ1) is 31.9. The summed E-state index contributed by atoms with van der Waals surface area (Å²) in [7, 11) is 0. The van der Waals surface area contributed by atoms with Gasteiger partial charge in [0.05, 0.1) is 23.5 Å². The van der Waals surface area contributed by atoms with Gasteiger partial charge in [0, 0.05) is 37.9 Å². The van der Waals surface area contributed by atoms with Crippen LogP contribution in [0.15, 0.2) is 57.4 Å². The zero-order valence-electron chi connectivity index (χ0n) is 27.6. The number of aryl methyl sites for hydroxylation is 1. The summed E-state index contributed by atoms with van der Waals surface area (Å²) in [5.41, 5.74) is 8.23. The molecule has 0 radical (unpaired) electrons. The largest absolute Gasteiger partial charge is 0.340 e. The number of piperazine rings is 1. The second-order valence-corrected chi connectivity index (χ2v) is 13.8. The molecule has 11 nitrogen and oxygen atoms in total. The Hall–Kier alpha value is -4.03. The Morgan fingerprint density at radius 3 is 2.70 bits per heavy atom. The van der Waals surface area contributed by atoms with Crippen molar-refractivity contribution in [3.05, 3.63) is 70.0 Å². The fraction of sp³-hybridized carbons (Fsp3) is 0.529. The molecule has 0 amide bonds. The van der Waals surface area contributed by atoms with Crippen LogP contribution >= 0.6 is 0 Å². The fourth-order valence-electron chi connectivity index (χ4n) is 6.88. The normalized spacial score (nSPS) is 24.8. The van der Waals surface area contributed by atoms with Gasteiger partial charge >= 0.3 is 0 Å². The molecule has 1 aliphatic carbocycles. The van der Waals surface area contributed by atoms with E-state index in [0.717, 1.165) is 49.7 Å². The summed E-state index contributed by atoms with van der Waals surface area (Å²) >= 11 is 0. The van der Waals surface area contributed by atoms with Crippen LogP contribution in [0.3, 0.4) is 0 Å². The predicted octanol–water partition coefficient (Wildman–Crippen LogP) is 4.07. The van der Waals surface area contributed by atoms with Gasteiger partial charge in [-0.15, -0.1) is 5.53 Å². The Morgan fingerprint density at radius 2 is 1.96 bits per heavy atom. The van der Waals surface area contributed by atoms with Crippen molar-refractivity contribution in [1.29, 1.82) is 0 Å². The molecule has 2 fully saturated rings. The number of fused-ring (bicyclic) bond motifs is 1. The average Bonchev–Trinajstić information content (AvgIpc) is 3.55. The fourth-order valence-corrected chi connectivity index (χ4v) is 6.88. The molecule has 46 heavy (non-hydrogen) atoms. The highest BCUT2D eigenvalue weighted by Gasteiger charge is 2.39. The van der Waals surface area contributed by atoms with Crippen molar-refractivity contribution in [2.24, 2.45) is 27.3 Å². The number of guanidine groups is 1. The van der Waals surface area contributed by atoms with E-state index in [1.807, 2.05) is 18.2 Å². The third-order valence-corrected chi connectivity index (χ3v) is 10.3. The number of hydrogen-bond donors (Lipinski definition) is 4. The van der Waals surface area contributed by atoms with E-state index in [1.165, 1.54) is 12.1 Å². The number of benzene rings is 2. The number of anilines is 1. The highest BCUT2D eigenvalue weighted by Crippen LogP contribution is 2.44. The maximum Gasteiger partial charge on any atom is 0.261 e. The zero-order chi connectivity index (χ0) is 32.4. The average molecular weight is 631 g/mol. The second-order valence-electron chi connectivity index (χ2n) is 13.8. The Bertz CT molecular complexity index is 1650. The van der Waals surface area contributed by atoms with Crippen molar-refractivity contribution >= 4 is 28.9 Å². The molecule has 3 aromatic rings. The van der Waals surface area contributed by atoms with E-state index < -0.39 is 0 Å². The van der Waals surface area contributed by atoms with Crippen molar-refractivity contribution in [2.45, 2.75) is 79.1 Å². The molecule has 2 aromatic carbocycles. The van der Waals surface area contributed by atoms with Crippen molar-refractivity contribution in [2.75, 3.05) is 25.0 Å². The Labute approximate surface area is 270 Å². The van der Waals surface area contributed by atoms with E-state index in [-0.39, 0.29) is 17.4 Å². The van der Waals surface area contributed by atoms with E-state index >= 15 is 0 Å². The lowest BCUT2D eigenvalue weighted by atomic mass is 9.63. The standard InChI is InChI=1S/C34H47FN10O/c1-22-19-43(17-15-36-22)33(40-29-12-14-34(4,5)24(3)23(29)2)38-27-10-11-28-30(18-27)39-31(20-44-21-37-41-42-44)45(32(28)46)16-13-25-6-8-26(35)9-7-25/h6-11,18,21-24,29,36,41-42H,12-17,19-20H2,1-5H3,(H,38,40)/t22?,23?,24-,29?/m0/s1. The van der Waals surface area contributed by atoms with Crippen LogP contribution in [0.2, 0.25) is 0 Å². The maximum absolute atomic E-state index is 13.9. The minimum Gasteiger partial charge on any atom is -0.340 e. The summed E-state index contributed by atoms with van der Waals surface area (Å²) < 4.78 is 15.2. The molecule has 1 aromatic heterocycles. The number of hydrogen-bond acceptors (Lipinski definition) is 8. The summed E-state index contributed by atoms with van der Waals surface area (Å²) in [6.45, 7) is 15.0. The summed E-state index contributed by atoms with van der Waals surface area (Å²) in [6, 6.07) is 12.7. The molecule has 3 unspecified atom stereocenters. The third kappa shape index (κ3) is 7.02. The number of aliphatic imine (C=N–C) groups is 1. The lowest BCUT2D eigenvalue weighted by Gasteiger charge is -2.44. The molecule has 1 saturated heterocycles. The smallest absolute Gasteiger partial charge is 0.261 e. The van der Waals surface area contributed by atoms with Gasteiger partial charge in [0.25, 0.3) is 5.56 Å². The number of nitrogens with one attached hydrogen (secondary N) is 4. The quantitative estimate of drug-likeness (QED) is 0.228. The molecule has 3 aliphatic rings. The molecule has 0 bridgehead atoms. The van der Waals surface area contributed by atoms with Crippen LogP contribution in [0.4, 0.5) is 10.1 Å². The van der Waals surface area contributed by atoms with Gasteiger partial charge in [-0.1, -0.05) is 39.8 Å². The first-order valence-electron chi connectivity index (χ1n) is 16.5. The second kappa shape index (κ2) is 13.4. The van der Waals surface area contributed by atoms with Gasteiger partial charge in [-0.2, -0.15) is 5.10 Å². The summed E-state index contributed by atoms with van der Waals surface area (Å²) in [4.78, 5) is 26.7. The van der Waals surface area contributed by atoms with E-state index in [2.05, 4.69) is 66.3 Å². The highest BCUT2D eigenvalue weighted by atomic mass is 19.1. The maximum atomic E-state index is 13.9. The lowest BCUT2D eigenvalue weighted by molar-refractivity contribution is 0.0828. The van der Waals surface area contributed by atoms with Crippen LogP contribution < -0.4 is 27.3 Å². The molecule has 2 aliphatic heterocycles.